The van der Waals surface area contributed by atoms with Crippen LogP contribution in [0.5, 0.6) is 0 Å². The van der Waals surface area contributed by atoms with Crippen molar-refractivity contribution in [3.8, 4) is 0 Å². The predicted octanol–water partition coefficient (Wildman–Crippen LogP) is 3.90. The number of non-ortho nitro benzene ring substituents is 1. The number of rotatable bonds is 9. The molecule has 0 aliphatic heterocycles. The number of nitrogens with zero attached hydrogens (tertiary/aromatic N) is 1. The monoisotopic (exact) mass is 395 g/mol. The zero-order valence-electron chi connectivity index (χ0n) is 14.4. The summed E-state index contributed by atoms with van der Waals surface area (Å²) in [6.45, 7) is 4.09. The van der Waals surface area contributed by atoms with E-state index in [9.17, 15) is 14.9 Å². The second-order valence-corrected chi connectivity index (χ2v) is 6.47. The number of hydrogen-bond donors (Lipinski definition) is 2. The summed E-state index contributed by atoms with van der Waals surface area (Å²) in [6, 6.07) is 14.0. The van der Waals surface area contributed by atoms with Crippen molar-refractivity contribution in [1.29, 1.82) is 0 Å². The van der Waals surface area contributed by atoms with Crippen molar-refractivity contribution in [3.63, 3.8) is 0 Å². The maximum atomic E-state index is 12.5. The molecule has 140 valence electrons. The minimum atomic E-state index is -0.490. The van der Waals surface area contributed by atoms with Gasteiger partial charge in [-0.1, -0.05) is 36.9 Å². The molecular weight excluding hydrogens is 374 g/mol. The molecule has 6 nitrogen and oxygen atoms in total. The first-order valence-corrected chi connectivity index (χ1v) is 8.93. The zero-order chi connectivity index (χ0) is 18.1. The van der Waals surface area contributed by atoms with Crippen LogP contribution in [0.25, 0.3) is 0 Å². The molecular formula is C18H22ClN3O3S. The highest BCUT2D eigenvalue weighted by molar-refractivity contribution is 7.99. The van der Waals surface area contributed by atoms with Crippen molar-refractivity contribution in [2.24, 2.45) is 0 Å². The minimum Gasteiger partial charge on any atom is -0.351 e. The third-order valence-electron chi connectivity index (χ3n) is 3.40. The summed E-state index contributed by atoms with van der Waals surface area (Å²) < 4.78 is 0. The molecule has 0 aliphatic rings. The second kappa shape index (κ2) is 11.5. The maximum absolute atomic E-state index is 12.5. The van der Waals surface area contributed by atoms with Crippen LogP contribution in [0.3, 0.4) is 0 Å². The molecule has 0 unspecified atom stereocenters. The van der Waals surface area contributed by atoms with Crippen LogP contribution in [-0.4, -0.2) is 30.5 Å². The van der Waals surface area contributed by atoms with Gasteiger partial charge in [0.05, 0.1) is 10.5 Å². The molecule has 0 aromatic heterocycles. The molecule has 0 atom stereocenters. The Morgan fingerprint density at radius 1 is 1.12 bits per heavy atom. The van der Waals surface area contributed by atoms with Gasteiger partial charge in [-0.2, -0.15) is 0 Å². The second-order valence-electron chi connectivity index (χ2n) is 5.36. The summed E-state index contributed by atoms with van der Waals surface area (Å²) in [6.07, 6.45) is 1.02. The molecule has 0 fully saturated rings. The summed E-state index contributed by atoms with van der Waals surface area (Å²) in [4.78, 5) is 24.7. The Bertz CT molecular complexity index is 729. The quantitative estimate of drug-likeness (QED) is 0.382. The molecule has 0 radical (unpaired) electrons. The number of nitrogens with one attached hydrogen (secondary N) is 2. The standard InChI is InChI=1S/C18H21N3O3S.ClH/c1-2-10-19-11-12-20-18(22)16-13-14(21(23)24)8-9-17(16)25-15-6-4-3-5-7-15;/h3-9,13,19H,2,10-12H2,1H3,(H,20,22);1H. The summed E-state index contributed by atoms with van der Waals surface area (Å²) in [5.74, 6) is -0.305. The van der Waals surface area contributed by atoms with Crippen LogP contribution in [0.2, 0.25) is 0 Å². The lowest BCUT2D eigenvalue weighted by Crippen LogP contribution is -2.32. The number of carbonyl (C=O) groups is 1. The molecule has 0 saturated heterocycles. The van der Waals surface area contributed by atoms with Crippen LogP contribution in [0.4, 0.5) is 5.69 Å². The lowest BCUT2D eigenvalue weighted by atomic mass is 10.2. The molecule has 0 heterocycles. The fraction of sp³-hybridized carbons (Fsp3) is 0.278. The zero-order valence-corrected chi connectivity index (χ0v) is 16.1. The van der Waals surface area contributed by atoms with Crippen LogP contribution in [0.1, 0.15) is 23.7 Å². The van der Waals surface area contributed by atoms with Crippen molar-refractivity contribution >= 4 is 35.8 Å². The molecule has 26 heavy (non-hydrogen) atoms. The van der Waals surface area contributed by atoms with E-state index in [0.717, 1.165) is 17.9 Å². The summed E-state index contributed by atoms with van der Waals surface area (Å²) in [5.41, 5.74) is 0.227. The lowest BCUT2D eigenvalue weighted by Gasteiger charge is -2.10. The Hall–Kier alpha value is -2.09. The number of benzene rings is 2. The van der Waals surface area contributed by atoms with E-state index in [4.69, 9.17) is 0 Å². The predicted molar refractivity (Wildman–Crippen MR) is 106 cm³/mol. The number of nitro benzene ring substituents is 1. The summed E-state index contributed by atoms with van der Waals surface area (Å²) >= 11 is 1.41. The topological polar surface area (TPSA) is 84.3 Å². The van der Waals surface area contributed by atoms with Crippen LogP contribution in [-0.2, 0) is 0 Å². The van der Waals surface area contributed by atoms with Crippen LogP contribution >= 0.6 is 24.2 Å². The van der Waals surface area contributed by atoms with Crippen molar-refractivity contribution in [2.45, 2.75) is 23.1 Å². The van der Waals surface area contributed by atoms with E-state index < -0.39 is 4.92 Å². The summed E-state index contributed by atoms with van der Waals surface area (Å²) in [5, 5.41) is 17.0. The third kappa shape index (κ3) is 6.67. The number of halogens is 1. The summed E-state index contributed by atoms with van der Waals surface area (Å²) in [7, 11) is 0. The van der Waals surface area contributed by atoms with Gasteiger partial charge in [0.1, 0.15) is 0 Å². The Labute approximate surface area is 163 Å². The smallest absolute Gasteiger partial charge is 0.270 e. The van der Waals surface area contributed by atoms with Gasteiger partial charge >= 0.3 is 0 Å². The van der Waals surface area contributed by atoms with Crippen molar-refractivity contribution in [2.75, 3.05) is 19.6 Å². The highest BCUT2D eigenvalue weighted by Gasteiger charge is 2.17. The number of amides is 1. The van der Waals surface area contributed by atoms with Crippen molar-refractivity contribution < 1.29 is 9.72 Å². The van der Waals surface area contributed by atoms with E-state index in [-0.39, 0.29) is 24.0 Å². The first-order valence-electron chi connectivity index (χ1n) is 8.12. The van der Waals surface area contributed by atoms with Gasteiger partial charge in [0.2, 0.25) is 0 Å². The molecule has 1 amide bonds. The van der Waals surface area contributed by atoms with Crippen LogP contribution in [0, 0.1) is 10.1 Å². The van der Waals surface area contributed by atoms with Crippen molar-refractivity contribution in [1.82, 2.24) is 10.6 Å². The highest BCUT2D eigenvalue weighted by atomic mass is 35.5. The van der Waals surface area contributed by atoms with E-state index in [2.05, 4.69) is 17.6 Å². The molecule has 2 rings (SSSR count). The van der Waals surface area contributed by atoms with Crippen LogP contribution in [0.15, 0.2) is 58.3 Å². The Morgan fingerprint density at radius 3 is 2.50 bits per heavy atom. The van der Waals surface area contributed by atoms with E-state index >= 15 is 0 Å². The minimum absolute atomic E-state index is 0. The van der Waals surface area contributed by atoms with Gasteiger partial charge in [0.25, 0.3) is 11.6 Å². The number of nitro groups is 1. The fourth-order valence-corrected chi connectivity index (χ4v) is 3.12. The normalized spacial score (nSPS) is 10.0. The van der Waals surface area contributed by atoms with Gasteiger partial charge in [-0.05, 0) is 31.2 Å². The first kappa shape index (κ1) is 22.0. The van der Waals surface area contributed by atoms with Gasteiger partial charge < -0.3 is 10.6 Å². The molecule has 0 aliphatic carbocycles. The molecule has 2 aromatic carbocycles. The third-order valence-corrected chi connectivity index (χ3v) is 4.49. The van der Waals surface area contributed by atoms with Gasteiger partial charge in [0, 0.05) is 35.0 Å². The Balaban J connectivity index is 0.00000338. The highest BCUT2D eigenvalue weighted by Crippen LogP contribution is 2.32. The van der Waals surface area contributed by atoms with Gasteiger partial charge in [-0.3, -0.25) is 14.9 Å². The number of hydrogen-bond acceptors (Lipinski definition) is 5. The Morgan fingerprint density at radius 2 is 1.85 bits per heavy atom. The SMILES string of the molecule is CCCNCCNC(=O)c1cc([N+](=O)[O-])ccc1Sc1ccccc1.Cl. The average Bonchev–Trinajstić information content (AvgIpc) is 2.62. The van der Waals surface area contributed by atoms with E-state index in [1.165, 1.54) is 23.9 Å². The van der Waals surface area contributed by atoms with Crippen molar-refractivity contribution in [3.05, 3.63) is 64.2 Å². The molecule has 0 saturated carbocycles. The molecule has 0 spiro atoms. The fourth-order valence-electron chi connectivity index (χ4n) is 2.17. The van der Waals surface area contributed by atoms with Gasteiger partial charge in [-0.25, -0.2) is 0 Å². The molecule has 2 N–H and O–H groups in total. The van der Waals surface area contributed by atoms with Gasteiger partial charge in [-0.15, -0.1) is 12.4 Å². The van der Waals surface area contributed by atoms with Gasteiger partial charge in [0.15, 0.2) is 0 Å². The molecule has 2 aromatic rings. The maximum Gasteiger partial charge on any atom is 0.270 e. The number of carbonyl (C=O) groups excluding carboxylic acids is 1. The van der Waals surface area contributed by atoms with E-state index in [1.54, 1.807) is 6.07 Å². The molecule has 8 heteroatoms. The van der Waals surface area contributed by atoms with E-state index in [0.29, 0.717) is 23.5 Å². The Kier molecular flexibility index (Phi) is 9.72. The van der Waals surface area contributed by atoms with E-state index in [1.807, 2.05) is 30.3 Å². The average molecular weight is 396 g/mol. The van der Waals surface area contributed by atoms with Crippen LogP contribution < -0.4 is 10.6 Å². The first-order chi connectivity index (χ1) is 12.1. The lowest BCUT2D eigenvalue weighted by molar-refractivity contribution is -0.384. The molecule has 0 bridgehead atoms. The largest absolute Gasteiger partial charge is 0.351 e.